The zero-order valence-corrected chi connectivity index (χ0v) is 22.4. The van der Waals surface area contributed by atoms with E-state index in [2.05, 4.69) is 131 Å². The van der Waals surface area contributed by atoms with Gasteiger partial charge < -0.3 is 14.2 Å². The van der Waals surface area contributed by atoms with Crippen LogP contribution in [-0.2, 0) is 0 Å². The van der Waals surface area contributed by atoms with Gasteiger partial charge in [0.25, 0.3) is 6.71 Å². The summed E-state index contributed by atoms with van der Waals surface area (Å²) < 4.78 is 9.09. The average Bonchev–Trinajstić information content (AvgIpc) is 3.38. The van der Waals surface area contributed by atoms with E-state index in [0.717, 1.165) is 33.8 Å². The van der Waals surface area contributed by atoms with E-state index in [1.165, 1.54) is 60.3 Å². The lowest BCUT2D eigenvalue weighted by Crippen LogP contribution is -2.60. The number of hydrogen-bond donors (Lipinski definition) is 0. The summed E-state index contributed by atoms with van der Waals surface area (Å²) in [6, 6.07) is 41.5. The van der Waals surface area contributed by atoms with Crippen molar-refractivity contribution < 1.29 is 4.74 Å². The highest BCUT2D eigenvalue weighted by Gasteiger charge is 2.45. The van der Waals surface area contributed by atoms with Crippen molar-refractivity contribution in [2.45, 2.75) is 0 Å². The topological polar surface area (TPSA) is 30.3 Å². The summed E-state index contributed by atoms with van der Waals surface area (Å²) in [5.74, 6) is 1.77. The molecule has 192 valence electrons. The number of hydrogen-bond acceptors (Lipinski definition) is 3. The summed E-state index contributed by atoms with van der Waals surface area (Å²) in [4.78, 5) is 7.45. The summed E-state index contributed by atoms with van der Waals surface area (Å²) in [6.07, 6.45) is 2.10. The van der Waals surface area contributed by atoms with Crippen LogP contribution in [0.5, 0.6) is 11.5 Å². The minimum Gasteiger partial charge on any atom is -0.453 e. The Morgan fingerprint density at radius 1 is 0.571 bits per heavy atom. The molecular weight excluding hydrogens is 513 g/mol. The highest BCUT2D eigenvalue weighted by atomic mass is 16.5. The van der Waals surface area contributed by atoms with Crippen molar-refractivity contribution in [2.24, 2.45) is 0 Å². The maximum atomic E-state index is 6.57. The number of rotatable bonds is 0. The van der Waals surface area contributed by atoms with Crippen molar-refractivity contribution in [3.63, 3.8) is 0 Å². The van der Waals surface area contributed by atoms with E-state index in [0.29, 0.717) is 0 Å². The summed E-state index contributed by atoms with van der Waals surface area (Å²) in [5, 5.41) is 6.11. The maximum absolute atomic E-state index is 6.57. The maximum Gasteiger partial charge on any atom is 0.252 e. The molecule has 0 fully saturated rings. The number of aromatic nitrogens is 2. The highest BCUT2D eigenvalue weighted by molar-refractivity contribution is 7.00. The van der Waals surface area contributed by atoms with Gasteiger partial charge in [0.2, 0.25) is 0 Å². The molecule has 0 saturated heterocycles. The first kappa shape index (κ1) is 21.2. The number of benzene rings is 6. The first-order valence-electron chi connectivity index (χ1n) is 14.4. The van der Waals surface area contributed by atoms with Crippen molar-refractivity contribution in [2.75, 3.05) is 4.90 Å². The van der Waals surface area contributed by atoms with E-state index in [1.807, 2.05) is 0 Å². The molecule has 0 N–H and O–H groups in total. The SMILES string of the molecule is c1ccc2c(c1)Oc1cccc3c1N2c1cc2c(cnc4ccccc42)c2c1B3c1cccc3c4ccccc4n-2c13. The first-order chi connectivity index (χ1) is 20.9. The van der Waals surface area contributed by atoms with Crippen molar-refractivity contribution in [1.82, 2.24) is 9.55 Å². The van der Waals surface area contributed by atoms with Gasteiger partial charge in [0, 0.05) is 38.9 Å². The van der Waals surface area contributed by atoms with Crippen LogP contribution in [0.15, 0.2) is 121 Å². The molecule has 0 saturated carbocycles. The van der Waals surface area contributed by atoms with Gasteiger partial charge in [-0.05, 0) is 58.2 Å². The van der Waals surface area contributed by atoms with Gasteiger partial charge in [-0.15, -0.1) is 0 Å². The summed E-state index contributed by atoms with van der Waals surface area (Å²) >= 11 is 0. The van der Waals surface area contributed by atoms with Crippen LogP contribution in [0, 0.1) is 0 Å². The lowest BCUT2D eigenvalue weighted by molar-refractivity contribution is 0.477. The minimum atomic E-state index is 0.0615. The predicted molar refractivity (Wildman–Crippen MR) is 173 cm³/mol. The van der Waals surface area contributed by atoms with Crippen LogP contribution in [0.3, 0.4) is 0 Å². The Morgan fingerprint density at radius 2 is 1.33 bits per heavy atom. The number of anilines is 3. The second kappa shape index (κ2) is 7.20. The second-order valence-corrected chi connectivity index (χ2v) is 11.5. The van der Waals surface area contributed by atoms with Crippen molar-refractivity contribution in [1.29, 1.82) is 0 Å². The molecule has 4 nitrogen and oxygen atoms in total. The molecule has 8 aromatic rings. The molecule has 2 aromatic heterocycles. The Kier molecular flexibility index (Phi) is 3.64. The second-order valence-electron chi connectivity index (χ2n) is 11.5. The lowest BCUT2D eigenvalue weighted by atomic mass is 9.33. The minimum absolute atomic E-state index is 0.0615. The van der Waals surface area contributed by atoms with Crippen LogP contribution < -0.4 is 26.0 Å². The molecule has 0 unspecified atom stereocenters. The molecule has 0 atom stereocenters. The molecule has 3 aliphatic heterocycles. The fourth-order valence-electron chi connectivity index (χ4n) is 8.00. The van der Waals surface area contributed by atoms with Crippen molar-refractivity contribution >= 4 is 83.6 Å². The Morgan fingerprint density at radius 3 is 2.31 bits per heavy atom. The van der Waals surface area contributed by atoms with Crippen LogP contribution in [0.2, 0.25) is 0 Å². The van der Waals surface area contributed by atoms with Crippen LogP contribution >= 0.6 is 0 Å². The molecule has 42 heavy (non-hydrogen) atoms. The molecule has 0 amide bonds. The third-order valence-corrected chi connectivity index (χ3v) is 9.57. The molecule has 11 rings (SSSR count). The van der Waals surface area contributed by atoms with Gasteiger partial charge >= 0.3 is 0 Å². The average molecular weight is 533 g/mol. The predicted octanol–water partition coefficient (Wildman–Crippen LogP) is 7.20. The van der Waals surface area contributed by atoms with Gasteiger partial charge in [0.05, 0.1) is 28.1 Å². The Balaban J connectivity index is 1.44. The van der Waals surface area contributed by atoms with Crippen molar-refractivity contribution in [3.8, 4) is 17.2 Å². The molecule has 0 spiro atoms. The van der Waals surface area contributed by atoms with Gasteiger partial charge in [-0.25, -0.2) is 0 Å². The van der Waals surface area contributed by atoms with Gasteiger partial charge in [-0.2, -0.15) is 0 Å². The molecule has 0 aliphatic carbocycles. The molecule has 6 aromatic carbocycles. The van der Waals surface area contributed by atoms with Crippen molar-refractivity contribution in [3.05, 3.63) is 121 Å². The van der Waals surface area contributed by atoms with E-state index in [9.17, 15) is 0 Å². The van der Waals surface area contributed by atoms with Crippen LogP contribution in [-0.4, -0.2) is 16.3 Å². The van der Waals surface area contributed by atoms with E-state index in [4.69, 9.17) is 9.72 Å². The fraction of sp³-hybridized carbons (Fsp3) is 0. The first-order valence-corrected chi connectivity index (χ1v) is 14.4. The molecule has 3 aliphatic rings. The summed E-state index contributed by atoms with van der Waals surface area (Å²) in [6.45, 7) is 0.0615. The fourth-order valence-corrected chi connectivity index (χ4v) is 8.00. The Labute approximate surface area is 241 Å². The number of nitrogens with zero attached hydrogens (tertiary/aromatic N) is 3. The smallest absolute Gasteiger partial charge is 0.252 e. The highest BCUT2D eigenvalue weighted by Crippen LogP contribution is 2.52. The standard InChI is InChI=1S/C37H20BN3O/c1-3-14-28-21(9-1)24-19-31-34-36(25(24)20-39-28)41-29-15-4-2-10-22(29)23-11-7-12-26(35(23)41)38(34)27-13-8-18-33-37(27)40(31)30-16-5-6-17-32(30)42-33/h1-20H. The molecule has 0 radical (unpaired) electrons. The van der Waals surface area contributed by atoms with Crippen LogP contribution in [0.4, 0.5) is 17.1 Å². The molecule has 0 bridgehead atoms. The molecule has 5 heterocycles. The molecule has 5 heteroatoms. The lowest BCUT2D eigenvalue weighted by Gasteiger charge is -2.43. The van der Waals surface area contributed by atoms with Crippen LogP contribution in [0.1, 0.15) is 0 Å². The Hall–Kier alpha value is -5.55. The van der Waals surface area contributed by atoms with E-state index < -0.39 is 0 Å². The van der Waals surface area contributed by atoms with Gasteiger partial charge in [-0.1, -0.05) is 78.9 Å². The Bertz CT molecular complexity index is 2530. The van der Waals surface area contributed by atoms with Gasteiger partial charge in [0.1, 0.15) is 0 Å². The van der Waals surface area contributed by atoms with E-state index in [1.54, 1.807) is 0 Å². The van der Waals surface area contributed by atoms with Gasteiger partial charge in [0.15, 0.2) is 11.5 Å². The third-order valence-electron chi connectivity index (χ3n) is 9.57. The summed E-state index contributed by atoms with van der Waals surface area (Å²) in [7, 11) is 0. The summed E-state index contributed by atoms with van der Waals surface area (Å²) in [5.41, 5.74) is 12.1. The quantitative estimate of drug-likeness (QED) is 0.153. The monoisotopic (exact) mass is 533 g/mol. The van der Waals surface area contributed by atoms with Crippen LogP contribution in [0.25, 0.3) is 49.2 Å². The number of ether oxygens (including phenoxy) is 1. The largest absolute Gasteiger partial charge is 0.453 e. The third kappa shape index (κ3) is 2.34. The number of fused-ring (bicyclic) bond motifs is 13. The molecular formula is C37H20BN3O. The zero-order chi connectivity index (χ0) is 27.1. The van der Waals surface area contributed by atoms with Gasteiger partial charge in [-0.3, -0.25) is 4.98 Å². The van der Waals surface area contributed by atoms with E-state index in [-0.39, 0.29) is 6.71 Å². The number of pyridine rings is 1. The number of para-hydroxylation sites is 6. The zero-order valence-electron chi connectivity index (χ0n) is 22.4. The normalized spacial score (nSPS) is 13.8. The van der Waals surface area contributed by atoms with E-state index >= 15 is 0 Å².